The van der Waals surface area contributed by atoms with Crippen LogP contribution in [0.25, 0.3) is 0 Å². The molecule has 9 heteroatoms. The van der Waals surface area contributed by atoms with Crippen molar-refractivity contribution in [2.75, 3.05) is 20.3 Å². The van der Waals surface area contributed by atoms with E-state index < -0.39 is 12.1 Å². The largest absolute Gasteiger partial charge is 0.484 e. The molecular weight excluding hydrogens is 449 g/mol. The molecule has 2 aromatic rings. The smallest absolute Gasteiger partial charge is 0.333 e. The molecular formula is C21H23Cl2NO5S. The van der Waals surface area contributed by atoms with Gasteiger partial charge in [-0.05, 0) is 48.7 Å². The Bertz CT molecular complexity index is 843. The average molecular weight is 472 g/mol. The number of amides is 1. The van der Waals surface area contributed by atoms with Crippen LogP contribution in [0.4, 0.5) is 0 Å². The number of methoxy groups -OCH3 is 1. The monoisotopic (exact) mass is 471 g/mol. The van der Waals surface area contributed by atoms with E-state index in [4.69, 9.17) is 37.8 Å². The number of rotatable bonds is 11. The van der Waals surface area contributed by atoms with E-state index in [9.17, 15) is 9.59 Å². The molecule has 0 radical (unpaired) electrons. The number of aliphatic carboxylic acids is 1. The molecule has 0 fully saturated rings. The number of hydrogen-bond acceptors (Lipinski definition) is 5. The van der Waals surface area contributed by atoms with Crippen LogP contribution in [0, 0.1) is 0 Å². The molecule has 0 aromatic heterocycles. The van der Waals surface area contributed by atoms with Gasteiger partial charge >= 0.3 is 5.97 Å². The Morgan fingerprint density at radius 3 is 2.30 bits per heavy atom. The molecule has 0 aliphatic rings. The molecule has 0 aliphatic heterocycles. The number of hydrogen-bond donors (Lipinski definition) is 1. The van der Waals surface area contributed by atoms with Crippen molar-refractivity contribution in [3.05, 3.63) is 63.6 Å². The lowest BCUT2D eigenvalue weighted by atomic mass is 10.1. The van der Waals surface area contributed by atoms with E-state index in [2.05, 4.69) is 0 Å². The van der Waals surface area contributed by atoms with Crippen LogP contribution in [-0.2, 0) is 26.5 Å². The minimum atomic E-state index is -1.02. The number of carboxylic acids is 1. The van der Waals surface area contributed by atoms with Gasteiger partial charge in [-0.2, -0.15) is 0 Å². The Morgan fingerprint density at radius 1 is 1.13 bits per heavy atom. The van der Waals surface area contributed by atoms with Crippen molar-refractivity contribution in [3.63, 3.8) is 0 Å². The van der Waals surface area contributed by atoms with Crippen molar-refractivity contribution >= 4 is 47.0 Å². The number of halogens is 2. The molecule has 2 rings (SSSR count). The summed E-state index contributed by atoms with van der Waals surface area (Å²) in [6.07, 6.45) is -0.657. The Hall–Kier alpha value is -1.93. The van der Waals surface area contributed by atoms with Crippen molar-refractivity contribution in [3.8, 4) is 5.75 Å². The van der Waals surface area contributed by atoms with Crippen LogP contribution < -0.4 is 4.74 Å². The van der Waals surface area contributed by atoms with Gasteiger partial charge < -0.3 is 14.6 Å². The molecule has 0 heterocycles. The fraction of sp³-hybridized carbons (Fsp3) is 0.333. The fourth-order valence-electron chi connectivity index (χ4n) is 2.58. The molecule has 6 nitrogen and oxygen atoms in total. The maximum atomic E-state index is 12.5. The average Bonchev–Trinajstić information content (AvgIpc) is 2.73. The summed E-state index contributed by atoms with van der Waals surface area (Å²) in [5.74, 6) is -0.206. The van der Waals surface area contributed by atoms with E-state index in [-0.39, 0.29) is 18.9 Å². The maximum absolute atomic E-state index is 12.5. The number of ether oxygens (including phenoxy) is 2. The van der Waals surface area contributed by atoms with Crippen LogP contribution in [0.2, 0.25) is 10.0 Å². The van der Waals surface area contributed by atoms with Gasteiger partial charge in [0.25, 0.3) is 5.91 Å². The zero-order valence-corrected chi connectivity index (χ0v) is 19.0. The summed E-state index contributed by atoms with van der Waals surface area (Å²) >= 11 is 13.7. The molecule has 1 atom stereocenters. The number of carbonyl (C=O) groups excluding carboxylic acids is 1. The van der Waals surface area contributed by atoms with Gasteiger partial charge in [0.2, 0.25) is 0 Å². The van der Waals surface area contributed by atoms with Crippen molar-refractivity contribution in [1.29, 1.82) is 0 Å². The number of carboxylic acid groups (broad SMARTS) is 1. The van der Waals surface area contributed by atoms with Crippen LogP contribution >= 0.6 is 35.1 Å². The van der Waals surface area contributed by atoms with Gasteiger partial charge in [0.1, 0.15) is 5.75 Å². The van der Waals surface area contributed by atoms with Gasteiger partial charge in [-0.1, -0.05) is 41.4 Å². The molecule has 2 aromatic carbocycles. The molecule has 162 valence electrons. The fourth-order valence-corrected chi connectivity index (χ4v) is 4.24. The van der Waals surface area contributed by atoms with Crippen molar-refractivity contribution < 1.29 is 24.2 Å². The highest BCUT2D eigenvalue weighted by atomic mass is 35.5. The van der Waals surface area contributed by atoms with Crippen LogP contribution in [0.3, 0.4) is 0 Å². The van der Waals surface area contributed by atoms with Gasteiger partial charge in [-0.25, -0.2) is 4.79 Å². The molecule has 30 heavy (non-hydrogen) atoms. The third-order valence-electron chi connectivity index (χ3n) is 4.26. The van der Waals surface area contributed by atoms with Gasteiger partial charge in [0, 0.05) is 41.4 Å². The molecule has 0 bridgehead atoms. The molecule has 0 saturated heterocycles. The summed E-state index contributed by atoms with van der Waals surface area (Å²) in [5.41, 5.74) is 1.58. The van der Waals surface area contributed by atoms with Crippen LogP contribution in [0.5, 0.6) is 5.75 Å². The van der Waals surface area contributed by atoms with Crippen molar-refractivity contribution in [2.45, 2.75) is 25.2 Å². The summed E-state index contributed by atoms with van der Waals surface area (Å²) in [6, 6.07) is 12.2. The van der Waals surface area contributed by atoms with E-state index in [1.165, 1.54) is 19.1 Å². The quantitative estimate of drug-likeness (QED) is 0.478. The van der Waals surface area contributed by atoms with Crippen LogP contribution in [-0.4, -0.2) is 47.7 Å². The summed E-state index contributed by atoms with van der Waals surface area (Å²) in [6.45, 7) is 2.26. The lowest BCUT2D eigenvalue weighted by Gasteiger charge is -2.20. The van der Waals surface area contributed by atoms with Crippen LogP contribution in [0.1, 0.15) is 18.1 Å². The standard InChI is InChI=1S/C21H23Cl2NO5S/c1-3-24(30-13-16-17(22)5-4-6-18(16)23)20(25)12-29-15-9-7-14(8-10-15)11-19(28-2)21(26)27/h4-10,19H,3,11-13H2,1-2H3,(H,26,27)/t19-/m0/s1. The highest BCUT2D eigenvalue weighted by molar-refractivity contribution is 7.96. The first-order valence-electron chi connectivity index (χ1n) is 9.19. The second kappa shape index (κ2) is 12.1. The first-order valence-corrected chi connectivity index (χ1v) is 10.9. The van der Waals surface area contributed by atoms with Crippen LogP contribution in [0.15, 0.2) is 42.5 Å². The van der Waals surface area contributed by atoms with Crippen molar-refractivity contribution in [1.82, 2.24) is 4.31 Å². The van der Waals surface area contributed by atoms with E-state index in [1.807, 2.05) is 6.92 Å². The highest BCUT2D eigenvalue weighted by Gasteiger charge is 2.17. The minimum absolute atomic E-state index is 0.119. The molecule has 1 N–H and O–H groups in total. The highest BCUT2D eigenvalue weighted by Crippen LogP contribution is 2.29. The second-order valence-corrected chi connectivity index (χ2v) is 8.06. The number of benzene rings is 2. The normalized spacial score (nSPS) is 11.7. The van der Waals surface area contributed by atoms with Gasteiger partial charge in [-0.3, -0.25) is 9.10 Å². The zero-order valence-electron chi connectivity index (χ0n) is 16.6. The van der Waals surface area contributed by atoms with E-state index in [0.29, 0.717) is 28.1 Å². The summed E-state index contributed by atoms with van der Waals surface area (Å²) in [7, 11) is 1.36. The topological polar surface area (TPSA) is 76.1 Å². The SMILES string of the molecule is CCN(SCc1c(Cl)cccc1Cl)C(=O)COc1ccc(C[C@H](OC)C(=O)O)cc1. The molecule has 1 amide bonds. The Balaban J connectivity index is 1.88. The third kappa shape index (κ3) is 7.09. The first-order chi connectivity index (χ1) is 14.3. The Labute approximate surface area is 190 Å². The molecule has 0 saturated carbocycles. The number of likely N-dealkylation sites (N-methyl/N-ethyl adjacent to an activating group) is 1. The van der Waals surface area contributed by atoms with Gasteiger partial charge in [0.15, 0.2) is 12.7 Å². The lowest BCUT2D eigenvalue weighted by molar-refractivity contribution is -0.148. The maximum Gasteiger partial charge on any atom is 0.333 e. The molecule has 0 unspecified atom stereocenters. The zero-order chi connectivity index (χ0) is 22.1. The molecule has 0 spiro atoms. The van der Waals surface area contributed by atoms with E-state index in [0.717, 1.165) is 11.1 Å². The Kier molecular flexibility index (Phi) is 9.78. The minimum Gasteiger partial charge on any atom is -0.484 e. The van der Waals surface area contributed by atoms with E-state index in [1.54, 1.807) is 46.8 Å². The lowest BCUT2D eigenvalue weighted by Crippen LogP contribution is -2.29. The Morgan fingerprint density at radius 2 is 1.77 bits per heavy atom. The van der Waals surface area contributed by atoms with Gasteiger partial charge in [0.05, 0.1) is 0 Å². The number of carbonyl (C=O) groups is 2. The predicted molar refractivity (Wildman–Crippen MR) is 119 cm³/mol. The number of nitrogens with zero attached hydrogens (tertiary/aromatic N) is 1. The third-order valence-corrected chi connectivity index (χ3v) is 6.16. The van der Waals surface area contributed by atoms with Gasteiger partial charge in [-0.15, -0.1) is 0 Å². The summed E-state index contributed by atoms with van der Waals surface area (Å²) in [4.78, 5) is 23.5. The second-order valence-electron chi connectivity index (χ2n) is 6.26. The predicted octanol–water partition coefficient (Wildman–Crippen LogP) is 4.71. The van der Waals surface area contributed by atoms with E-state index >= 15 is 0 Å². The first kappa shape index (κ1) is 24.3. The molecule has 0 aliphatic carbocycles. The van der Waals surface area contributed by atoms with Crippen molar-refractivity contribution in [2.24, 2.45) is 0 Å². The summed E-state index contributed by atoms with van der Waals surface area (Å²) < 4.78 is 12.1. The summed E-state index contributed by atoms with van der Waals surface area (Å²) in [5, 5.41) is 10.2.